The molecule has 0 unspecified atom stereocenters. The number of pyridine rings is 1. The Morgan fingerprint density at radius 2 is 2.06 bits per heavy atom. The Morgan fingerprint density at radius 1 is 1.28 bits per heavy atom. The second-order valence-corrected chi connectivity index (χ2v) is 4.38. The minimum absolute atomic E-state index is 0.0154. The fourth-order valence-corrected chi connectivity index (χ4v) is 1.88. The van der Waals surface area contributed by atoms with Crippen molar-refractivity contribution >= 4 is 23.2 Å². The molecular formula is C13H10Cl2FNO. The van der Waals surface area contributed by atoms with Crippen LogP contribution in [-0.4, -0.2) is 4.98 Å². The van der Waals surface area contributed by atoms with Crippen LogP contribution in [-0.2, 0) is 5.88 Å². The summed E-state index contributed by atoms with van der Waals surface area (Å²) >= 11 is 11.4. The van der Waals surface area contributed by atoms with Crippen LogP contribution in [0.25, 0.3) is 0 Å². The van der Waals surface area contributed by atoms with Crippen LogP contribution < -0.4 is 4.74 Å². The molecule has 0 spiro atoms. The number of nitrogens with zero attached hydrogens (tertiary/aromatic N) is 1. The van der Waals surface area contributed by atoms with E-state index in [1.165, 1.54) is 18.2 Å². The Hall–Kier alpha value is -1.32. The third kappa shape index (κ3) is 2.92. The molecule has 0 saturated carbocycles. The fraction of sp³-hybridized carbons (Fsp3) is 0.154. The van der Waals surface area contributed by atoms with Crippen LogP contribution in [0.3, 0.4) is 0 Å². The lowest BCUT2D eigenvalue weighted by Gasteiger charge is -2.07. The SMILES string of the molecule is Cc1nc(Oc2ccc(F)c(Cl)c2)ccc1CCl. The molecule has 0 atom stereocenters. The minimum Gasteiger partial charge on any atom is -0.439 e. The highest BCUT2D eigenvalue weighted by Crippen LogP contribution is 2.25. The highest BCUT2D eigenvalue weighted by Gasteiger charge is 2.05. The van der Waals surface area contributed by atoms with E-state index in [0.717, 1.165) is 11.3 Å². The quantitative estimate of drug-likeness (QED) is 0.762. The predicted molar refractivity (Wildman–Crippen MR) is 70.0 cm³/mol. The second kappa shape index (κ2) is 5.55. The van der Waals surface area contributed by atoms with Gasteiger partial charge in [0.2, 0.25) is 5.88 Å². The van der Waals surface area contributed by atoms with Crippen LogP contribution in [0.1, 0.15) is 11.3 Å². The third-order valence-electron chi connectivity index (χ3n) is 2.43. The van der Waals surface area contributed by atoms with Gasteiger partial charge in [0.25, 0.3) is 0 Å². The Bertz CT molecular complexity index is 575. The van der Waals surface area contributed by atoms with Crippen molar-refractivity contribution in [1.82, 2.24) is 4.98 Å². The fourth-order valence-electron chi connectivity index (χ4n) is 1.43. The largest absolute Gasteiger partial charge is 0.439 e. The van der Waals surface area contributed by atoms with Crippen LogP contribution in [0.15, 0.2) is 30.3 Å². The molecular weight excluding hydrogens is 276 g/mol. The molecule has 2 rings (SSSR count). The summed E-state index contributed by atoms with van der Waals surface area (Å²) in [7, 11) is 0. The maximum absolute atomic E-state index is 13.0. The van der Waals surface area contributed by atoms with Gasteiger partial charge in [-0.2, -0.15) is 0 Å². The topological polar surface area (TPSA) is 22.1 Å². The number of rotatable bonds is 3. The summed E-state index contributed by atoms with van der Waals surface area (Å²) in [5.41, 5.74) is 1.75. The van der Waals surface area contributed by atoms with E-state index < -0.39 is 5.82 Å². The predicted octanol–water partition coefficient (Wildman–Crippen LogP) is 4.71. The van der Waals surface area contributed by atoms with E-state index in [1.807, 2.05) is 13.0 Å². The average molecular weight is 286 g/mol. The van der Waals surface area contributed by atoms with Gasteiger partial charge in [0.1, 0.15) is 11.6 Å². The van der Waals surface area contributed by atoms with Crippen molar-refractivity contribution in [3.63, 3.8) is 0 Å². The Kier molecular flexibility index (Phi) is 4.04. The zero-order chi connectivity index (χ0) is 13.1. The zero-order valence-electron chi connectivity index (χ0n) is 9.58. The lowest BCUT2D eigenvalue weighted by atomic mass is 10.2. The summed E-state index contributed by atoms with van der Waals surface area (Å²) in [6.45, 7) is 1.85. The van der Waals surface area contributed by atoms with E-state index in [9.17, 15) is 4.39 Å². The normalized spacial score (nSPS) is 10.4. The minimum atomic E-state index is -0.481. The van der Waals surface area contributed by atoms with Crippen LogP contribution in [0.2, 0.25) is 5.02 Å². The Labute approximate surface area is 114 Å². The zero-order valence-corrected chi connectivity index (χ0v) is 11.1. The van der Waals surface area contributed by atoms with Gasteiger partial charge in [-0.25, -0.2) is 9.37 Å². The number of aromatic nitrogens is 1. The summed E-state index contributed by atoms with van der Waals surface area (Å²) in [4.78, 5) is 4.25. The number of aryl methyl sites for hydroxylation is 1. The first-order valence-electron chi connectivity index (χ1n) is 5.25. The first kappa shape index (κ1) is 13.1. The van der Waals surface area contributed by atoms with Gasteiger partial charge in [-0.05, 0) is 24.6 Å². The Balaban J connectivity index is 2.23. The maximum Gasteiger partial charge on any atom is 0.219 e. The summed E-state index contributed by atoms with van der Waals surface area (Å²) in [6.07, 6.45) is 0. The van der Waals surface area contributed by atoms with E-state index in [0.29, 0.717) is 17.5 Å². The van der Waals surface area contributed by atoms with Crippen LogP contribution >= 0.6 is 23.2 Å². The lowest BCUT2D eigenvalue weighted by Crippen LogP contribution is -1.94. The molecule has 0 amide bonds. The van der Waals surface area contributed by atoms with Crippen molar-refractivity contribution < 1.29 is 9.13 Å². The smallest absolute Gasteiger partial charge is 0.219 e. The number of hydrogen-bond donors (Lipinski definition) is 0. The third-order valence-corrected chi connectivity index (χ3v) is 3.00. The van der Waals surface area contributed by atoms with E-state index in [1.54, 1.807) is 6.07 Å². The second-order valence-electron chi connectivity index (χ2n) is 3.71. The molecule has 0 saturated heterocycles. The van der Waals surface area contributed by atoms with Gasteiger partial charge >= 0.3 is 0 Å². The van der Waals surface area contributed by atoms with Gasteiger partial charge in [0, 0.05) is 23.7 Å². The number of ether oxygens (including phenoxy) is 1. The number of halogens is 3. The lowest BCUT2D eigenvalue weighted by molar-refractivity contribution is 0.459. The molecule has 5 heteroatoms. The molecule has 0 aliphatic rings. The molecule has 0 fully saturated rings. The summed E-state index contributed by atoms with van der Waals surface area (Å²) < 4.78 is 18.5. The monoisotopic (exact) mass is 285 g/mol. The van der Waals surface area contributed by atoms with Gasteiger partial charge in [-0.15, -0.1) is 11.6 Å². The maximum atomic E-state index is 13.0. The molecule has 1 aromatic heterocycles. The van der Waals surface area contributed by atoms with E-state index >= 15 is 0 Å². The number of hydrogen-bond acceptors (Lipinski definition) is 2. The van der Waals surface area contributed by atoms with Crippen molar-refractivity contribution in [2.75, 3.05) is 0 Å². The molecule has 0 N–H and O–H groups in total. The Morgan fingerprint density at radius 3 is 2.67 bits per heavy atom. The number of alkyl halides is 1. The molecule has 2 aromatic rings. The van der Waals surface area contributed by atoms with Crippen molar-refractivity contribution in [2.45, 2.75) is 12.8 Å². The van der Waals surface area contributed by atoms with Gasteiger partial charge in [0.05, 0.1) is 5.02 Å². The van der Waals surface area contributed by atoms with Gasteiger partial charge in [-0.3, -0.25) is 0 Å². The first-order chi connectivity index (χ1) is 8.60. The van der Waals surface area contributed by atoms with E-state index in [4.69, 9.17) is 27.9 Å². The van der Waals surface area contributed by atoms with Gasteiger partial charge in [-0.1, -0.05) is 17.7 Å². The molecule has 1 aromatic carbocycles. The molecule has 0 radical (unpaired) electrons. The molecule has 18 heavy (non-hydrogen) atoms. The number of benzene rings is 1. The molecule has 1 heterocycles. The van der Waals surface area contributed by atoms with Gasteiger partial charge < -0.3 is 4.74 Å². The summed E-state index contributed by atoms with van der Waals surface area (Å²) in [6, 6.07) is 7.70. The van der Waals surface area contributed by atoms with Crippen LogP contribution in [0, 0.1) is 12.7 Å². The van der Waals surface area contributed by atoms with Crippen molar-refractivity contribution in [1.29, 1.82) is 0 Å². The van der Waals surface area contributed by atoms with Crippen LogP contribution in [0.5, 0.6) is 11.6 Å². The van der Waals surface area contributed by atoms with E-state index in [2.05, 4.69) is 4.98 Å². The summed E-state index contributed by atoms with van der Waals surface area (Å²) in [5, 5.41) is 0.0154. The highest BCUT2D eigenvalue weighted by atomic mass is 35.5. The first-order valence-corrected chi connectivity index (χ1v) is 6.17. The van der Waals surface area contributed by atoms with Crippen molar-refractivity contribution in [3.8, 4) is 11.6 Å². The molecule has 0 bridgehead atoms. The molecule has 0 aliphatic heterocycles. The summed E-state index contributed by atoms with van der Waals surface area (Å²) in [5.74, 6) is 0.781. The average Bonchev–Trinajstić information content (AvgIpc) is 2.34. The molecule has 0 aliphatic carbocycles. The highest BCUT2D eigenvalue weighted by molar-refractivity contribution is 6.30. The van der Waals surface area contributed by atoms with E-state index in [-0.39, 0.29) is 5.02 Å². The standard InChI is InChI=1S/C13H10Cl2FNO/c1-8-9(7-14)2-5-13(17-8)18-10-3-4-12(16)11(15)6-10/h2-6H,7H2,1H3. The molecule has 94 valence electrons. The van der Waals surface area contributed by atoms with Gasteiger partial charge in [0.15, 0.2) is 0 Å². The van der Waals surface area contributed by atoms with Crippen LogP contribution in [0.4, 0.5) is 4.39 Å². The van der Waals surface area contributed by atoms with Crippen molar-refractivity contribution in [3.05, 3.63) is 52.4 Å². The van der Waals surface area contributed by atoms with Crippen molar-refractivity contribution in [2.24, 2.45) is 0 Å². The molecule has 2 nitrogen and oxygen atoms in total.